The lowest BCUT2D eigenvalue weighted by atomic mass is 9.67. The highest BCUT2D eigenvalue weighted by molar-refractivity contribution is 6.46. The van der Waals surface area contributed by atoms with Crippen LogP contribution < -0.4 is 0 Å². The summed E-state index contributed by atoms with van der Waals surface area (Å²) in [6.45, 7) is 2.28. The minimum Gasteiger partial charge on any atom is -0.414 e. The maximum absolute atomic E-state index is 5.23. The molecule has 64 valence electrons. The molecular weight excluding hydrogens is 139 g/mol. The predicted molar refractivity (Wildman–Crippen MR) is 46.5 cm³/mol. The largest absolute Gasteiger partial charge is 0.460 e. The van der Waals surface area contributed by atoms with Crippen molar-refractivity contribution in [2.75, 3.05) is 14.2 Å². The van der Waals surface area contributed by atoms with Crippen molar-refractivity contribution in [1.82, 2.24) is 0 Å². The molecule has 1 aliphatic carbocycles. The minimum atomic E-state index is 0.0208. The van der Waals surface area contributed by atoms with Crippen LogP contribution in [0, 0.1) is 5.92 Å². The van der Waals surface area contributed by atoms with Gasteiger partial charge in [0.1, 0.15) is 0 Å². The Labute approximate surface area is 69.4 Å². The van der Waals surface area contributed by atoms with Gasteiger partial charge in [-0.3, -0.25) is 0 Å². The van der Waals surface area contributed by atoms with Crippen LogP contribution in [0.4, 0.5) is 0 Å². The van der Waals surface area contributed by atoms with Gasteiger partial charge in [0.25, 0.3) is 0 Å². The van der Waals surface area contributed by atoms with E-state index >= 15 is 0 Å². The van der Waals surface area contributed by atoms with Gasteiger partial charge < -0.3 is 9.31 Å². The Kier molecular flexibility index (Phi) is 3.40. The molecule has 0 radical (unpaired) electrons. The van der Waals surface area contributed by atoms with E-state index in [-0.39, 0.29) is 7.12 Å². The molecule has 11 heavy (non-hydrogen) atoms. The van der Waals surface area contributed by atoms with Gasteiger partial charge in [0, 0.05) is 14.2 Å². The van der Waals surface area contributed by atoms with Crippen LogP contribution in [0.25, 0.3) is 0 Å². The third-order valence-corrected chi connectivity index (χ3v) is 2.74. The molecule has 0 bridgehead atoms. The summed E-state index contributed by atoms with van der Waals surface area (Å²) in [5.74, 6) is 1.38. The van der Waals surface area contributed by atoms with Crippen LogP contribution in [0.2, 0.25) is 5.82 Å². The number of hydrogen-bond acceptors (Lipinski definition) is 2. The van der Waals surface area contributed by atoms with Gasteiger partial charge >= 0.3 is 7.12 Å². The van der Waals surface area contributed by atoms with Gasteiger partial charge in [0.15, 0.2) is 0 Å². The third-order valence-electron chi connectivity index (χ3n) is 2.74. The van der Waals surface area contributed by atoms with E-state index in [0.717, 1.165) is 5.92 Å². The Bertz CT molecular complexity index is 115. The summed E-state index contributed by atoms with van der Waals surface area (Å²) in [4.78, 5) is 0. The number of hydrogen-bond donors (Lipinski definition) is 0. The quantitative estimate of drug-likeness (QED) is 0.581. The highest BCUT2D eigenvalue weighted by atomic mass is 16.6. The maximum Gasteiger partial charge on any atom is 0.460 e. The predicted octanol–water partition coefficient (Wildman–Crippen LogP) is 1.96. The molecule has 0 aromatic heterocycles. The number of rotatable bonds is 3. The van der Waals surface area contributed by atoms with Crippen molar-refractivity contribution in [3.63, 3.8) is 0 Å². The van der Waals surface area contributed by atoms with E-state index in [0.29, 0.717) is 5.82 Å². The summed E-state index contributed by atoms with van der Waals surface area (Å²) in [6, 6.07) is 0. The molecule has 0 heterocycles. The lowest BCUT2D eigenvalue weighted by molar-refractivity contribution is 0.257. The highest BCUT2D eigenvalue weighted by Gasteiger charge is 2.35. The first-order chi connectivity index (χ1) is 5.29. The van der Waals surface area contributed by atoms with E-state index in [2.05, 4.69) is 6.92 Å². The van der Waals surface area contributed by atoms with E-state index in [1.54, 1.807) is 14.2 Å². The Hall–Kier alpha value is -0.0151. The Morgan fingerprint density at radius 1 is 1.18 bits per heavy atom. The third kappa shape index (κ3) is 1.97. The van der Waals surface area contributed by atoms with Crippen LogP contribution in [0.1, 0.15) is 26.2 Å². The molecule has 0 saturated heterocycles. The SMILES string of the molecule is COB(OC)[C@@H]1CCC[C@H]1C. The summed E-state index contributed by atoms with van der Waals surface area (Å²) in [6.07, 6.45) is 3.91. The maximum atomic E-state index is 5.23. The molecule has 0 aromatic rings. The topological polar surface area (TPSA) is 18.5 Å². The zero-order valence-electron chi connectivity index (χ0n) is 7.67. The zero-order valence-corrected chi connectivity index (χ0v) is 7.67. The molecule has 0 amide bonds. The molecule has 1 aliphatic rings. The summed E-state index contributed by atoms with van der Waals surface area (Å²) < 4.78 is 10.5. The van der Waals surface area contributed by atoms with E-state index < -0.39 is 0 Å². The highest BCUT2D eigenvalue weighted by Crippen LogP contribution is 2.38. The standard InChI is InChI=1S/C8H17BO2/c1-7-5-4-6-8(7)9(10-2)11-3/h7-8H,4-6H2,1-3H3/t7-,8-/m1/s1. The first-order valence-electron chi connectivity index (χ1n) is 4.35. The monoisotopic (exact) mass is 156 g/mol. The second-order valence-electron chi connectivity index (χ2n) is 3.41. The van der Waals surface area contributed by atoms with E-state index in [9.17, 15) is 0 Å². The molecule has 0 aliphatic heterocycles. The molecule has 2 atom stereocenters. The smallest absolute Gasteiger partial charge is 0.414 e. The minimum absolute atomic E-state index is 0.0208. The summed E-state index contributed by atoms with van der Waals surface area (Å²) in [5.41, 5.74) is 0. The average Bonchev–Trinajstić information content (AvgIpc) is 2.40. The van der Waals surface area contributed by atoms with Crippen LogP contribution in [0.15, 0.2) is 0 Å². The van der Waals surface area contributed by atoms with Crippen molar-refractivity contribution in [1.29, 1.82) is 0 Å². The molecule has 1 rings (SSSR count). The average molecular weight is 156 g/mol. The van der Waals surface area contributed by atoms with Gasteiger partial charge in [-0.15, -0.1) is 0 Å². The molecule has 0 N–H and O–H groups in total. The first kappa shape index (κ1) is 9.08. The lowest BCUT2D eigenvalue weighted by Gasteiger charge is -2.19. The molecule has 2 nitrogen and oxygen atoms in total. The van der Waals surface area contributed by atoms with Gasteiger partial charge in [-0.05, 0) is 11.7 Å². The Morgan fingerprint density at radius 2 is 1.82 bits per heavy atom. The second-order valence-corrected chi connectivity index (χ2v) is 3.41. The first-order valence-corrected chi connectivity index (χ1v) is 4.35. The van der Waals surface area contributed by atoms with Gasteiger partial charge in [-0.1, -0.05) is 26.2 Å². The van der Waals surface area contributed by atoms with Crippen LogP contribution in [-0.2, 0) is 9.31 Å². The molecular formula is C8H17BO2. The van der Waals surface area contributed by atoms with Crippen molar-refractivity contribution < 1.29 is 9.31 Å². The van der Waals surface area contributed by atoms with Crippen LogP contribution in [0.5, 0.6) is 0 Å². The normalized spacial score (nSPS) is 30.8. The summed E-state index contributed by atoms with van der Waals surface area (Å²) >= 11 is 0. The van der Waals surface area contributed by atoms with E-state index in [1.807, 2.05) is 0 Å². The van der Waals surface area contributed by atoms with Crippen molar-refractivity contribution in [3.8, 4) is 0 Å². The van der Waals surface area contributed by atoms with Crippen molar-refractivity contribution >= 4 is 7.12 Å². The molecule has 0 unspecified atom stereocenters. The lowest BCUT2D eigenvalue weighted by Crippen LogP contribution is -2.27. The van der Waals surface area contributed by atoms with Gasteiger partial charge in [0.05, 0.1) is 0 Å². The summed E-state index contributed by atoms with van der Waals surface area (Å²) in [7, 11) is 3.46. The molecule has 0 aromatic carbocycles. The van der Waals surface area contributed by atoms with E-state index in [1.165, 1.54) is 19.3 Å². The Balaban J connectivity index is 2.43. The molecule has 1 fully saturated rings. The van der Waals surface area contributed by atoms with Gasteiger partial charge in [0.2, 0.25) is 0 Å². The van der Waals surface area contributed by atoms with Gasteiger partial charge in [-0.2, -0.15) is 0 Å². The zero-order chi connectivity index (χ0) is 8.27. The fraction of sp³-hybridized carbons (Fsp3) is 1.00. The van der Waals surface area contributed by atoms with Crippen molar-refractivity contribution in [3.05, 3.63) is 0 Å². The van der Waals surface area contributed by atoms with Crippen molar-refractivity contribution in [2.24, 2.45) is 5.92 Å². The Morgan fingerprint density at radius 3 is 2.18 bits per heavy atom. The fourth-order valence-electron chi connectivity index (χ4n) is 2.02. The molecule has 0 spiro atoms. The van der Waals surface area contributed by atoms with Crippen LogP contribution in [-0.4, -0.2) is 21.3 Å². The van der Waals surface area contributed by atoms with E-state index in [4.69, 9.17) is 9.31 Å². The second kappa shape index (κ2) is 4.12. The molecule has 3 heteroatoms. The fourth-order valence-corrected chi connectivity index (χ4v) is 2.02. The summed E-state index contributed by atoms with van der Waals surface area (Å²) in [5, 5.41) is 0. The van der Waals surface area contributed by atoms with Crippen molar-refractivity contribution in [2.45, 2.75) is 32.0 Å². The van der Waals surface area contributed by atoms with Crippen LogP contribution in [0.3, 0.4) is 0 Å². The van der Waals surface area contributed by atoms with Gasteiger partial charge in [-0.25, -0.2) is 0 Å². The molecule has 1 saturated carbocycles. The van der Waals surface area contributed by atoms with Crippen LogP contribution >= 0.6 is 0 Å².